The van der Waals surface area contributed by atoms with E-state index in [1.807, 2.05) is 12.1 Å². The average molecular weight is 659 g/mol. The van der Waals surface area contributed by atoms with Gasteiger partial charge in [0.2, 0.25) is 0 Å². The third-order valence-electron chi connectivity index (χ3n) is 12.3. The highest BCUT2D eigenvalue weighted by Crippen LogP contribution is 2.68. The molecule has 4 aliphatic rings. The van der Waals surface area contributed by atoms with E-state index in [1.54, 1.807) is 7.11 Å². The standard InChI is InChI=1S/C36H50N8O4/c1-32(2)14-36(18-10-20(45)21(46-9)11-16(18)32)15-33(3,4)17-12-22-23(13-19(17)36)48-29-25(31(43-39)44-40)27-26(34(5,6)35(27,7)8)24(28(29)47-22)30(41-37)42-38/h10-13,30-31,41-45H,14-15,37-40H2,1-9H3. The summed E-state index contributed by atoms with van der Waals surface area (Å²) in [5.41, 5.74) is 18.2. The Bertz CT molecular complexity index is 1860. The Hall–Kier alpha value is -3.46. The van der Waals surface area contributed by atoms with Crippen molar-refractivity contribution in [3.63, 3.8) is 0 Å². The zero-order chi connectivity index (χ0) is 34.9. The van der Waals surface area contributed by atoms with E-state index in [0.29, 0.717) is 28.7 Å². The number of hydrogen-bond acceptors (Lipinski definition) is 12. The van der Waals surface area contributed by atoms with Crippen LogP contribution in [0.5, 0.6) is 34.5 Å². The van der Waals surface area contributed by atoms with E-state index >= 15 is 0 Å². The van der Waals surface area contributed by atoms with E-state index in [1.165, 1.54) is 11.1 Å². The third kappa shape index (κ3) is 4.00. The van der Waals surface area contributed by atoms with Crippen molar-refractivity contribution in [3.05, 3.63) is 68.8 Å². The number of hydrogen-bond donors (Lipinski definition) is 9. The molecule has 13 N–H and O–H groups in total. The van der Waals surface area contributed by atoms with Gasteiger partial charge in [-0.05, 0) is 92.1 Å². The number of benzene rings is 3. The van der Waals surface area contributed by atoms with Crippen LogP contribution >= 0.6 is 0 Å². The van der Waals surface area contributed by atoms with Crippen molar-refractivity contribution in [1.82, 2.24) is 21.7 Å². The summed E-state index contributed by atoms with van der Waals surface area (Å²) in [4.78, 5) is 0. The number of nitrogens with one attached hydrogen (secondary N) is 4. The number of methoxy groups -OCH3 is 1. The number of phenols is 1. The Labute approximate surface area is 282 Å². The second kappa shape index (κ2) is 10.3. The second-order valence-electron chi connectivity index (χ2n) is 16.3. The molecule has 1 atom stereocenters. The molecule has 0 bridgehead atoms. The maximum Gasteiger partial charge on any atom is 0.177 e. The zero-order valence-electron chi connectivity index (χ0n) is 29.4. The first-order chi connectivity index (χ1) is 22.4. The van der Waals surface area contributed by atoms with Crippen molar-refractivity contribution in [2.24, 2.45) is 23.4 Å². The summed E-state index contributed by atoms with van der Waals surface area (Å²) in [6.45, 7) is 17.8. The van der Waals surface area contributed by atoms with Gasteiger partial charge in [-0.15, -0.1) is 0 Å². The lowest BCUT2D eigenvalue weighted by Gasteiger charge is -2.57. The predicted octanol–water partition coefficient (Wildman–Crippen LogP) is 4.37. The molecule has 0 saturated heterocycles. The summed E-state index contributed by atoms with van der Waals surface area (Å²) in [6.07, 6.45) is 0.418. The molecular formula is C36H50N8O4. The molecule has 1 spiro atoms. The van der Waals surface area contributed by atoms with E-state index in [4.69, 9.17) is 37.6 Å². The SMILES string of the molecule is COc1cc2c(cc1O)C1(CC2(C)C)CC(C)(C)c2cc3c(cc21)Oc1c(c(C(NN)NN)c2c(c1C(NN)NN)C(C)(C)C2(C)C)O3. The quantitative estimate of drug-likeness (QED) is 0.0773. The highest BCUT2D eigenvalue weighted by Gasteiger charge is 2.59. The second-order valence-corrected chi connectivity index (χ2v) is 16.3. The summed E-state index contributed by atoms with van der Waals surface area (Å²) in [5.74, 6) is 27.1. The van der Waals surface area contributed by atoms with Crippen LogP contribution in [-0.4, -0.2) is 12.2 Å². The van der Waals surface area contributed by atoms with Gasteiger partial charge in [-0.3, -0.25) is 23.4 Å². The van der Waals surface area contributed by atoms with E-state index < -0.39 is 12.3 Å². The maximum atomic E-state index is 11.0. The molecule has 1 aliphatic heterocycles. The van der Waals surface area contributed by atoms with Crippen LogP contribution in [0.4, 0.5) is 0 Å². The van der Waals surface area contributed by atoms with Crippen LogP contribution < -0.4 is 59.3 Å². The van der Waals surface area contributed by atoms with E-state index in [0.717, 1.165) is 46.2 Å². The van der Waals surface area contributed by atoms with Crippen LogP contribution in [0.25, 0.3) is 0 Å². The number of aromatic hydroxyl groups is 1. The molecule has 0 amide bonds. The molecule has 258 valence electrons. The molecule has 1 heterocycles. The first kappa shape index (κ1) is 33.1. The fourth-order valence-electron chi connectivity index (χ4n) is 9.66. The lowest BCUT2D eigenvalue weighted by Crippen LogP contribution is -2.56. The van der Waals surface area contributed by atoms with Gasteiger partial charge >= 0.3 is 0 Å². The fourth-order valence-corrected chi connectivity index (χ4v) is 9.66. The van der Waals surface area contributed by atoms with Gasteiger partial charge in [-0.2, -0.15) is 0 Å². The van der Waals surface area contributed by atoms with Gasteiger partial charge in [0.1, 0.15) is 12.3 Å². The molecule has 48 heavy (non-hydrogen) atoms. The molecule has 0 aromatic heterocycles. The Kier molecular flexibility index (Phi) is 7.08. The molecule has 7 rings (SSSR count). The normalized spacial score (nSPS) is 22.7. The summed E-state index contributed by atoms with van der Waals surface area (Å²) < 4.78 is 19.4. The molecule has 3 aromatic rings. The molecule has 0 saturated carbocycles. The zero-order valence-corrected chi connectivity index (χ0v) is 29.4. The highest BCUT2D eigenvalue weighted by atomic mass is 16.6. The van der Waals surface area contributed by atoms with E-state index in [9.17, 15) is 5.11 Å². The van der Waals surface area contributed by atoms with E-state index in [2.05, 4.69) is 89.2 Å². The van der Waals surface area contributed by atoms with Crippen molar-refractivity contribution in [3.8, 4) is 34.5 Å². The average Bonchev–Trinajstić information content (AvgIpc) is 3.38. The minimum atomic E-state index is -0.655. The Morgan fingerprint density at radius 2 is 1.04 bits per heavy atom. The number of phenolic OH excluding ortho intramolecular Hbond substituents is 1. The predicted molar refractivity (Wildman–Crippen MR) is 185 cm³/mol. The van der Waals surface area contributed by atoms with Gasteiger partial charge in [0.25, 0.3) is 0 Å². The Morgan fingerprint density at radius 3 is 1.46 bits per heavy atom. The lowest BCUT2D eigenvalue weighted by molar-refractivity contribution is 0.220. The number of fused-ring (bicyclic) bond motifs is 7. The first-order valence-corrected chi connectivity index (χ1v) is 16.5. The third-order valence-corrected chi connectivity index (χ3v) is 12.3. The van der Waals surface area contributed by atoms with Crippen molar-refractivity contribution in [1.29, 1.82) is 0 Å². The summed E-state index contributed by atoms with van der Waals surface area (Å²) in [5, 5.41) is 11.0. The molecule has 0 fully saturated rings. The summed E-state index contributed by atoms with van der Waals surface area (Å²) >= 11 is 0. The van der Waals surface area contributed by atoms with Crippen LogP contribution in [0.1, 0.15) is 125 Å². The van der Waals surface area contributed by atoms with Gasteiger partial charge in [0.15, 0.2) is 34.5 Å². The molecule has 3 aromatic carbocycles. The van der Waals surface area contributed by atoms with Crippen LogP contribution in [-0.2, 0) is 27.1 Å². The van der Waals surface area contributed by atoms with Crippen molar-refractivity contribution < 1.29 is 19.3 Å². The van der Waals surface area contributed by atoms with Crippen LogP contribution in [0, 0.1) is 0 Å². The number of ether oxygens (including phenoxy) is 3. The van der Waals surface area contributed by atoms with Crippen molar-refractivity contribution in [2.75, 3.05) is 7.11 Å². The maximum absolute atomic E-state index is 11.0. The number of hydrazine groups is 4. The summed E-state index contributed by atoms with van der Waals surface area (Å²) in [7, 11) is 1.59. The molecular weight excluding hydrogens is 608 g/mol. The van der Waals surface area contributed by atoms with Crippen LogP contribution in [0.3, 0.4) is 0 Å². The van der Waals surface area contributed by atoms with Crippen LogP contribution in [0.2, 0.25) is 0 Å². The molecule has 12 nitrogen and oxygen atoms in total. The minimum absolute atomic E-state index is 0.137. The Balaban J connectivity index is 1.49. The topological polar surface area (TPSA) is 200 Å². The fraction of sp³-hybridized carbons (Fsp3) is 0.500. The molecule has 0 radical (unpaired) electrons. The summed E-state index contributed by atoms with van der Waals surface area (Å²) in [6, 6.07) is 8.15. The first-order valence-electron chi connectivity index (χ1n) is 16.5. The van der Waals surface area contributed by atoms with Gasteiger partial charge in [-0.25, -0.2) is 21.7 Å². The smallest absolute Gasteiger partial charge is 0.177 e. The molecule has 1 unspecified atom stereocenters. The van der Waals surface area contributed by atoms with Crippen LogP contribution in [0.15, 0.2) is 24.3 Å². The lowest BCUT2D eigenvalue weighted by atomic mass is 9.47. The molecule has 12 heteroatoms. The monoisotopic (exact) mass is 658 g/mol. The van der Waals surface area contributed by atoms with Gasteiger partial charge < -0.3 is 19.3 Å². The van der Waals surface area contributed by atoms with Crippen molar-refractivity contribution in [2.45, 2.75) is 108 Å². The molecule has 3 aliphatic carbocycles. The highest BCUT2D eigenvalue weighted by molar-refractivity contribution is 5.75. The number of nitrogens with two attached hydrogens (primary N) is 4. The van der Waals surface area contributed by atoms with Gasteiger partial charge in [0.05, 0.1) is 7.11 Å². The number of rotatable bonds is 7. The Morgan fingerprint density at radius 1 is 0.646 bits per heavy atom. The minimum Gasteiger partial charge on any atom is -0.504 e. The van der Waals surface area contributed by atoms with E-state index in [-0.39, 0.29) is 32.8 Å². The largest absolute Gasteiger partial charge is 0.504 e. The van der Waals surface area contributed by atoms with Crippen molar-refractivity contribution >= 4 is 0 Å². The van der Waals surface area contributed by atoms with Gasteiger partial charge in [-0.1, -0.05) is 55.4 Å². The van der Waals surface area contributed by atoms with Gasteiger partial charge in [0, 0.05) is 16.5 Å².